The van der Waals surface area contributed by atoms with Gasteiger partial charge in [-0.3, -0.25) is 0 Å². The molecule has 0 amide bonds. The molecule has 0 aliphatic heterocycles. The summed E-state index contributed by atoms with van der Waals surface area (Å²) in [5, 5.41) is 10.3. The monoisotopic (exact) mass is 384 g/mol. The van der Waals surface area contributed by atoms with E-state index in [2.05, 4.69) is 52.8 Å². The highest BCUT2D eigenvalue weighted by atomic mass is 16.3. The van der Waals surface area contributed by atoms with E-state index in [0.717, 1.165) is 29.6 Å². The van der Waals surface area contributed by atoms with E-state index in [4.69, 9.17) is 0 Å². The van der Waals surface area contributed by atoms with Crippen LogP contribution in [-0.4, -0.2) is 11.2 Å². The molecule has 0 unspecified atom stereocenters. The number of allylic oxidation sites excluding steroid dienone is 3. The summed E-state index contributed by atoms with van der Waals surface area (Å²) in [6.07, 6.45) is 19.3. The first-order valence-corrected chi connectivity index (χ1v) is 12.3. The maximum absolute atomic E-state index is 10.3. The van der Waals surface area contributed by atoms with Gasteiger partial charge in [-0.15, -0.1) is 0 Å². The highest BCUT2D eigenvalue weighted by Crippen LogP contribution is 2.68. The summed E-state index contributed by atoms with van der Waals surface area (Å²) in [4.78, 5) is 0. The Kier molecular flexibility index (Phi) is 5.62. The molecule has 0 bridgehead atoms. The zero-order valence-electron chi connectivity index (χ0n) is 19.1. The van der Waals surface area contributed by atoms with Gasteiger partial charge in [0.1, 0.15) is 0 Å². The summed E-state index contributed by atoms with van der Waals surface area (Å²) in [6, 6.07) is 0. The number of fused-ring (bicyclic) bond motifs is 1. The summed E-state index contributed by atoms with van der Waals surface area (Å²) in [5.74, 6) is 4.65. The lowest BCUT2D eigenvalue weighted by atomic mass is 9.65. The summed E-state index contributed by atoms with van der Waals surface area (Å²) in [7, 11) is 0. The molecular weight excluding hydrogens is 340 g/mol. The maximum Gasteiger partial charge on any atom is 0.0755 e. The molecule has 158 valence electrons. The van der Waals surface area contributed by atoms with Crippen molar-refractivity contribution in [1.29, 1.82) is 0 Å². The van der Waals surface area contributed by atoms with E-state index >= 15 is 0 Å². The topological polar surface area (TPSA) is 20.2 Å². The van der Waals surface area contributed by atoms with Crippen molar-refractivity contribution in [2.75, 3.05) is 0 Å². The molecule has 0 heterocycles. The first-order valence-electron chi connectivity index (χ1n) is 12.3. The first kappa shape index (κ1) is 20.7. The van der Waals surface area contributed by atoms with Gasteiger partial charge in [-0.1, -0.05) is 84.1 Å². The van der Waals surface area contributed by atoms with Gasteiger partial charge in [-0.05, 0) is 73.0 Å². The van der Waals surface area contributed by atoms with Gasteiger partial charge in [0.05, 0.1) is 6.10 Å². The Labute approximate surface area is 174 Å². The first-order chi connectivity index (χ1) is 13.3. The molecule has 0 aromatic carbocycles. The quantitative estimate of drug-likeness (QED) is 0.440. The fraction of sp³-hybridized carbons (Fsp3) is 0.852. The van der Waals surface area contributed by atoms with Crippen molar-refractivity contribution >= 4 is 0 Å². The van der Waals surface area contributed by atoms with Crippen molar-refractivity contribution in [2.45, 2.75) is 98.5 Å². The average Bonchev–Trinajstić information content (AvgIpc) is 3.27. The van der Waals surface area contributed by atoms with Crippen LogP contribution >= 0.6 is 0 Å². The predicted molar refractivity (Wildman–Crippen MR) is 119 cm³/mol. The van der Waals surface area contributed by atoms with Gasteiger partial charge in [0.2, 0.25) is 0 Å². The highest BCUT2D eigenvalue weighted by molar-refractivity contribution is 5.37. The summed E-state index contributed by atoms with van der Waals surface area (Å²) in [5.41, 5.74) is 2.46. The summed E-state index contributed by atoms with van der Waals surface area (Å²) >= 11 is 0. The number of aliphatic hydroxyl groups is 1. The molecule has 2 fully saturated rings. The SMILES string of the molecule is CC(C)CCC[C@@H](C)[C@H]1CCC[C@@]1(C)CCC1=CC[C@@H]2[C@H]3[C@@H]2[C@]1(C)C=C[C@@H]3O. The van der Waals surface area contributed by atoms with Crippen LogP contribution in [0.2, 0.25) is 0 Å². The molecule has 0 aromatic rings. The van der Waals surface area contributed by atoms with Crippen LogP contribution < -0.4 is 0 Å². The van der Waals surface area contributed by atoms with Gasteiger partial charge in [-0.2, -0.15) is 0 Å². The minimum absolute atomic E-state index is 0.181. The number of aliphatic hydroxyl groups excluding tert-OH is 1. The van der Waals surface area contributed by atoms with Crippen molar-refractivity contribution < 1.29 is 5.11 Å². The van der Waals surface area contributed by atoms with Crippen LogP contribution in [0, 0.1) is 46.3 Å². The molecule has 0 saturated heterocycles. The predicted octanol–water partition coefficient (Wildman–Crippen LogP) is 7.16. The molecule has 1 heteroatoms. The van der Waals surface area contributed by atoms with Crippen molar-refractivity contribution in [3.05, 3.63) is 23.8 Å². The maximum atomic E-state index is 10.3. The fourth-order valence-corrected chi connectivity index (χ4v) is 7.75. The third-order valence-corrected chi connectivity index (χ3v) is 9.54. The molecule has 0 aromatic heterocycles. The number of hydrogen-bond acceptors (Lipinski definition) is 1. The number of hydrogen-bond donors (Lipinski definition) is 1. The Morgan fingerprint density at radius 3 is 2.71 bits per heavy atom. The van der Waals surface area contributed by atoms with Gasteiger partial charge in [0.25, 0.3) is 0 Å². The van der Waals surface area contributed by atoms with Crippen LogP contribution in [-0.2, 0) is 0 Å². The molecule has 0 spiro atoms. The smallest absolute Gasteiger partial charge is 0.0755 e. The van der Waals surface area contributed by atoms with Gasteiger partial charge >= 0.3 is 0 Å². The number of rotatable bonds is 8. The van der Waals surface area contributed by atoms with E-state index < -0.39 is 0 Å². The van der Waals surface area contributed by atoms with E-state index in [1.54, 1.807) is 5.57 Å². The van der Waals surface area contributed by atoms with Crippen molar-refractivity contribution in [3.8, 4) is 0 Å². The largest absolute Gasteiger partial charge is 0.389 e. The van der Waals surface area contributed by atoms with Crippen LogP contribution in [0.1, 0.15) is 92.4 Å². The molecule has 8 atom stereocenters. The van der Waals surface area contributed by atoms with E-state index in [9.17, 15) is 5.11 Å². The van der Waals surface area contributed by atoms with E-state index in [1.165, 1.54) is 57.8 Å². The normalized spacial score (nSPS) is 45.1. The molecule has 0 radical (unpaired) electrons. The summed E-state index contributed by atoms with van der Waals surface area (Å²) < 4.78 is 0. The minimum atomic E-state index is -0.181. The second kappa shape index (κ2) is 7.60. The average molecular weight is 385 g/mol. The Hall–Kier alpha value is -0.560. The second-order valence-electron chi connectivity index (χ2n) is 11.8. The van der Waals surface area contributed by atoms with E-state index in [0.29, 0.717) is 11.3 Å². The van der Waals surface area contributed by atoms with E-state index in [-0.39, 0.29) is 11.5 Å². The lowest BCUT2D eigenvalue weighted by Crippen LogP contribution is -2.31. The standard InChI is InChI=1S/C27H44O/c1-18(2)8-6-9-19(3)22-10-7-15-26(22,4)16-13-20-11-12-21-24-23(28)14-17-27(20,5)25(21)24/h11,14,17-19,21-25,28H,6-10,12-13,15-16H2,1-5H3/t19-,21-,22-,23+,24-,25-,26+,27-/m1/s1. The Balaban J connectivity index is 1.38. The lowest BCUT2D eigenvalue weighted by molar-refractivity contribution is 0.139. The molecule has 1 N–H and O–H groups in total. The third kappa shape index (κ3) is 3.55. The van der Waals surface area contributed by atoms with Crippen LogP contribution in [0.5, 0.6) is 0 Å². The second-order valence-corrected chi connectivity index (χ2v) is 11.8. The molecule has 4 aliphatic carbocycles. The Morgan fingerprint density at radius 1 is 1.18 bits per heavy atom. The molecule has 2 saturated carbocycles. The van der Waals surface area contributed by atoms with E-state index in [1.807, 2.05) is 0 Å². The lowest BCUT2D eigenvalue weighted by Gasteiger charge is -2.40. The van der Waals surface area contributed by atoms with Gasteiger partial charge in [0, 0.05) is 5.41 Å². The Morgan fingerprint density at radius 2 is 1.96 bits per heavy atom. The zero-order chi connectivity index (χ0) is 20.1. The fourth-order valence-electron chi connectivity index (χ4n) is 7.75. The van der Waals surface area contributed by atoms with Gasteiger partial charge < -0.3 is 5.11 Å². The van der Waals surface area contributed by atoms with Crippen LogP contribution in [0.25, 0.3) is 0 Å². The molecule has 4 aliphatic rings. The molecule has 1 nitrogen and oxygen atoms in total. The van der Waals surface area contributed by atoms with Crippen LogP contribution in [0.3, 0.4) is 0 Å². The zero-order valence-corrected chi connectivity index (χ0v) is 19.1. The highest BCUT2D eigenvalue weighted by Gasteiger charge is 2.64. The molecule has 28 heavy (non-hydrogen) atoms. The summed E-state index contributed by atoms with van der Waals surface area (Å²) in [6.45, 7) is 12.3. The van der Waals surface area contributed by atoms with Crippen molar-refractivity contribution in [2.24, 2.45) is 46.3 Å². The van der Waals surface area contributed by atoms with Gasteiger partial charge in [-0.25, -0.2) is 0 Å². The molecule has 4 rings (SSSR count). The Bertz CT molecular complexity index is 630. The van der Waals surface area contributed by atoms with Crippen LogP contribution in [0.15, 0.2) is 23.8 Å². The molecular formula is C27H44O. The third-order valence-electron chi connectivity index (χ3n) is 9.54. The van der Waals surface area contributed by atoms with Crippen molar-refractivity contribution in [1.82, 2.24) is 0 Å². The minimum Gasteiger partial charge on any atom is -0.389 e. The van der Waals surface area contributed by atoms with Crippen LogP contribution in [0.4, 0.5) is 0 Å². The van der Waals surface area contributed by atoms with Crippen molar-refractivity contribution in [3.63, 3.8) is 0 Å². The van der Waals surface area contributed by atoms with Gasteiger partial charge in [0.15, 0.2) is 0 Å².